The number of likely N-dealkylation sites (tertiary alicyclic amines) is 1. The molecular weight excluding hydrogens is 352 g/mol. The Morgan fingerprint density at radius 2 is 1.93 bits per heavy atom. The van der Waals surface area contributed by atoms with E-state index in [1.807, 2.05) is 49.4 Å². The van der Waals surface area contributed by atoms with E-state index in [1.165, 1.54) is 0 Å². The Hall–Kier alpha value is -2.82. The lowest BCUT2D eigenvalue weighted by Gasteiger charge is -2.18. The number of benzene rings is 2. The first kappa shape index (κ1) is 19.9. The molecule has 0 bridgehead atoms. The lowest BCUT2D eigenvalue weighted by Crippen LogP contribution is -2.30. The zero-order valence-corrected chi connectivity index (χ0v) is 16.8. The van der Waals surface area contributed by atoms with Gasteiger partial charge in [-0.25, -0.2) is 0 Å². The molecular formula is C23H28N2O3. The van der Waals surface area contributed by atoms with E-state index in [-0.39, 0.29) is 24.2 Å². The van der Waals surface area contributed by atoms with Crippen LogP contribution in [0.15, 0.2) is 42.5 Å². The van der Waals surface area contributed by atoms with Crippen LogP contribution in [0.2, 0.25) is 0 Å². The molecule has 1 heterocycles. The molecule has 148 valence electrons. The van der Waals surface area contributed by atoms with Crippen LogP contribution in [0.4, 0.5) is 5.69 Å². The normalized spacial score (nSPS) is 16.3. The fourth-order valence-corrected chi connectivity index (χ4v) is 3.76. The van der Waals surface area contributed by atoms with E-state index < -0.39 is 0 Å². The summed E-state index contributed by atoms with van der Waals surface area (Å²) in [5, 5.41) is 3.07. The first-order valence-corrected chi connectivity index (χ1v) is 9.82. The van der Waals surface area contributed by atoms with E-state index in [9.17, 15) is 9.59 Å². The Morgan fingerprint density at radius 3 is 2.68 bits per heavy atom. The quantitative estimate of drug-likeness (QED) is 0.798. The summed E-state index contributed by atoms with van der Waals surface area (Å²) in [7, 11) is 1.65. The van der Waals surface area contributed by atoms with Crippen molar-refractivity contribution in [2.45, 2.75) is 33.1 Å². The number of hydrogen-bond acceptors (Lipinski definition) is 3. The van der Waals surface area contributed by atoms with Gasteiger partial charge in [0.05, 0.1) is 13.0 Å². The van der Waals surface area contributed by atoms with Crippen molar-refractivity contribution >= 4 is 17.5 Å². The van der Waals surface area contributed by atoms with E-state index in [0.29, 0.717) is 19.5 Å². The molecule has 1 fully saturated rings. The van der Waals surface area contributed by atoms with E-state index >= 15 is 0 Å². The predicted molar refractivity (Wildman–Crippen MR) is 111 cm³/mol. The number of ether oxygens (including phenoxy) is 1. The van der Waals surface area contributed by atoms with Crippen molar-refractivity contribution in [2.75, 3.05) is 25.5 Å². The number of hydrogen-bond donors (Lipinski definition) is 1. The van der Waals surface area contributed by atoms with Crippen molar-refractivity contribution in [1.29, 1.82) is 0 Å². The molecule has 0 aliphatic carbocycles. The van der Waals surface area contributed by atoms with Crippen LogP contribution in [0.5, 0.6) is 5.75 Å². The number of carbonyl (C=O) groups is 2. The van der Waals surface area contributed by atoms with Crippen LogP contribution in [0.3, 0.4) is 0 Å². The lowest BCUT2D eigenvalue weighted by molar-refractivity contribution is -0.128. The number of aryl methyl sites for hydroxylation is 2. The highest BCUT2D eigenvalue weighted by Crippen LogP contribution is 2.25. The summed E-state index contributed by atoms with van der Waals surface area (Å²) in [6.45, 7) is 5.12. The van der Waals surface area contributed by atoms with Crippen molar-refractivity contribution in [3.8, 4) is 5.75 Å². The minimum Gasteiger partial charge on any atom is -0.496 e. The smallest absolute Gasteiger partial charge is 0.229 e. The van der Waals surface area contributed by atoms with Crippen LogP contribution < -0.4 is 10.1 Å². The highest BCUT2D eigenvalue weighted by Gasteiger charge is 2.34. The Labute approximate surface area is 166 Å². The fourth-order valence-electron chi connectivity index (χ4n) is 3.76. The van der Waals surface area contributed by atoms with Gasteiger partial charge in [0.2, 0.25) is 11.8 Å². The van der Waals surface area contributed by atoms with Gasteiger partial charge in [-0.15, -0.1) is 0 Å². The molecule has 2 aromatic carbocycles. The molecule has 1 aliphatic heterocycles. The van der Waals surface area contributed by atoms with Gasteiger partial charge in [-0.05, 0) is 42.5 Å². The molecule has 0 saturated carbocycles. The average Bonchev–Trinajstić information content (AvgIpc) is 3.08. The van der Waals surface area contributed by atoms with E-state index in [0.717, 1.165) is 34.5 Å². The molecule has 5 nitrogen and oxygen atoms in total. The van der Waals surface area contributed by atoms with Gasteiger partial charge in [0.1, 0.15) is 5.75 Å². The molecule has 28 heavy (non-hydrogen) atoms. The Bertz CT molecular complexity index is 863. The summed E-state index contributed by atoms with van der Waals surface area (Å²) in [5.74, 6) is 0.484. The van der Waals surface area contributed by atoms with Crippen LogP contribution in [-0.4, -0.2) is 36.9 Å². The maximum absolute atomic E-state index is 12.8. The summed E-state index contributed by atoms with van der Waals surface area (Å²) in [4.78, 5) is 27.0. The number of nitrogens with zero attached hydrogens (tertiary/aromatic N) is 1. The largest absolute Gasteiger partial charge is 0.496 e. The highest BCUT2D eigenvalue weighted by molar-refractivity contribution is 5.98. The van der Waals surface area contributed by atoms with Gasteiger partial charge in [-0.3, -0.25) is 9.59 Å². The number of rotatable bonds is 7. The third kappa shape index (κ3) is 4.35. The van der Waals surface area contributed by atoms with Crippen molar-refractivity contribution < 1.29 is 14.3 Å². The molecule has 1 N–H and O–H groups in total. The molecule has 0 aromatic heterocycles. The van der Waals surface area contributed by atoms with Crippen LogP contribution in [-0.2, 0) is 22.4 Å². The molecule has 1 atom stereocenters. The van der Waals surface area contributed by atoms with E-state index in [1.54, 1.807) is 12.0 Å². The molecule has 0 radical (unpaired) electrons. The van der Waals surface area contributed by atoms with Gasteiger partial charge in [0.15, 0.2) is 0 Å². The second kappa shape index (κ2) is 8.91. The van der Waals surface area contributed by atoms with Gasteiger partial charge in [0.25, 0.3) is 0 Å². The Morgan fingerprint density at radius 1 is 1.18 bits per heavy atom. The molecule has 1 saturated heterocycles. The highest BCUT2D eigenvalue weighted by atomic mass is 16.5. The summed E-state index contributed by atoms with van der Waals surface area (Å²) in [5.41, 5.74) is 4.11. The summed E-state index contributed by atoms with van der Waals surface area (Å²) >= 11 is 0. The number of amides is 2. The van der Waals surface area contributed by atoms with Gasteiger partial charge in [-0.2, -0.15) is 0 Å². The second-order valence-electron chi connectivity index (χ2n) is 7.25. The SMILES string of the molecule is CCc1cccc(C)c1NC(=O)C1CC(=O)N(CCc2ccccc2OC)C1. The standard InChI is InChI=1S/C23H28N2O3/c1-4-17-10-7-8-16(2)22(17)24-23(27)19-14-21(26)25(15-19)13-12-18-9-5-6-11-20(18)28-3/h5-11,19H,4,12-15H2,1-3H3,(H,24,27). The predicted octanol–water partition coefficient (Wildman–Crippen LogP) is 3.60. The number of methoxy groups -OCH3 is 1. The first-order chi connectivity index (χ1) is 13.5. The number of carbonyl (C=O) groups excluding carboxylic acids is 2. The zero-order chi connectivity index (χ0) is 20.1. The van der Waals surface area contributed by atoms with Crippen molar-refractivity contribution in [3.05, 3.63) is 59.2 Å². The van der Waals surface area contributed by atoms with Gasteiger partial charge < -0.3 is 15.0 Å². The average molecular weight is 380 g/mol. The maximum atomic E-state index is 12.8. The summed E-state index contributed by atoms with van der Waals surface area (Å²) in [6, 6.07) is 13.9. The van der Waals surface area contributed by atoms with Gasteiger partial charge in [0, 0.05) is 25.2 Å². The van der Waals surface area contributed by atoms with Gasteiger partial charge >= 0.3 is 0 Å². The van der Waals surface area contributed by atoms with Crippen LogP contribution in [0.1, 0.15) is 30.0 Å². The van der Waals surface area contributed by atoms with Gasteiger partial charge in [-0.1, -0.05) is 43.3 Å². The Kier molecular flexibility index (Phi) is 6.34. The summed E-state index contributed by atoms with van der Waals surface area (Å²) < 4.78 is 5.38. The fraction of sp³-hybridized carbons (Fsp3) is 0.391. The van der Waals surface area contributed by atoms with Crippen LogP contribution in [0.25, 0.3) is 0 Å². The first-order valence-electron chi connectivity index (χ1n) is 9.82. The monoisotopic (exact) mass is 380 g/mol. The molecule has 0 spiro atoms. The molecule has 5 heteroatoms. The third-order valence-electron chi connectivity index (χ3n) is 5.42. The van der Waals surface area contributed by atoms with Crippen molar-refractivity contribution in [1.82, 2.24) is 4.90 Å². The Balaban J connectivity index is 1.62. The maximum Gasteiger partial charge on any atom is 0.229 e. The zero-order valence-electron chi connectivity index (χ0n) is 16.8. The number of para-hydroxylation sites is 2. The second-order valence-corrected chi connectivity index (χ2v) is 7.25. The van der Waals surface area contributed by atoms with E-state index in [4.69, 9.17) is 4.74 Å². The van der Waals surface area contributed by atoms with Crippen LogP contribution >= 0.6 is 0 Å². The summed E-state index contributed by atoms with van der Waals surface area (Å²) in [6.07, 6.45) is 1.83. The molecule has 1 unspecified atom stereocenters. The molecule has 3 rings (SSSR count). The third-order valence-corrected chi connectivity index (χ3v) is 5.42. The minimum atomic E-state index is -0.311. The van der Waals surface area contributed by atoms with E-state index in [2.05, 4.69) is 12.2 Å². The van der Waals surface area contributed by atoms with Crippen LogP contribution in [0, 0.1) is 12.8 Å². The number of anilines is 1. The molecule has 1 aliphatic rings. The minimum absolute atomic E-state index is 0.0375. The van der Waals surface area contributed by atoms with Crippen molar-refractivity contribution in [2.24, 2.45) is 5.92 Å². The lowest BCUT2D eigenvalue weighted by atomic mass is 10.0. The molecule has 2 amide bonds. The topological polar surface area (TPSA) is 58.6 Å². The van der Waals surface area contributed by atoms with Crippen molar-refractivity contribution in [3.63, 3.8) is 0 Å². The number of nitrogens with one attached hydrogen (secondary N) is 1. The molecule has 2 aromatic rings.